The number of carbonyl (C=O) groups excluding carboxylic acids is 2. The normalized spacial score (nSPS) is 10.6. The number of aromatic nitrogens is 3. The van der Waals surface area contributed by atoms with Crippen molar-refractivity contribution in [2.75, 3.05) is 23.5 Å². The molecule has 1 aromatic heterocycles. The van der Waals surface area contributed by atoms with Gasteiger partial charge >= 0.3 is 0 Å². The minimum atomic E-state index is -0.243. The van der Waals surface area contributed by atoms with Crippen LogP contribution in [0.3, 0.4) is 0 Å². The Balaban J connectivity index is 1.56. The molecule has 1 heterocycles. The predicted molar refractivity (Wildman–Crippen MR) is 138 cm³/mol. The molecular formula is C26H25N5O3S. The summed E-state index contributed by atoms with van der Waals surface area (Å²) in [5.41, 5.74) is 4.01. The van der Waals surface area contributed by atoms with E-state index >= 15 is 0 Å². The molecule has 178 valence electrons. The van der Waals surface area contributed by atoms with Gasteiger partial charge < -0.3 is 15.4 Å². The van der Waals surface area contributed by atoms with Crippen LogP contribution >= 0.6 is 11.8 Å². The second-order valence-corrected chi connectivity index (χ2v) is 8.72. The number of thioether (sulfide) groups is 1. The highest BCUT2D eigenvalue weighted by Gasteiger charge is 2.18. The van der Waals surface area contributed by atoms with Crippen LogP contribution in [0.4, 0.5) is 11.4 Å². The molecule has 0 bridgehead atoms. The Labute approximate surface area is 207 Å². The van der Waals surface area contributed by atoms with Gasteiger partial charge in [0.25, 0.3) is 0 Å². The average Bonchev–Trinajstić information content (AvgIpc) is 3.27. The maximum atomic E-state index is 12.8. The Hall–Kier alpha value is -4.11. The number of amides is 2. The van der Waals surface area contributed by atoms with Crippen molar-refractivity contribution in [1.82, 2.24) is 14.8 Å². The van der Waals surface area contributed by atoms with E-state index in [0.29, 0.717) is 28.1 Å². The van der Waals surface area contributed by atoms with E-state index in [9.17, 15) is 9.59 Å². The summed E-state index contributed by atoms with van der Waals surface area (Å²) in [7, 11) is 1.52. The first-order valence-electron chi connectivity index (χ1n) is 10.9. The number of hydrogen-bond donors (Lipinski definition) is 2. The lowest BCUT2D eigenvalue weighted by molar-refractivity contribution is -0.114. The molecule has 0 aliphatic heterocycles. The van der Waals surface area contributed by atoms with Gasteiger partial charge in [0, 0.05) is 23.9 Å². The number of ether oxygens (including phenoxy) is 1. The maximum Gasteiger partial charge on any atom is 0.234 e. The Bertz CT molecular complexity index is 1340. The van der Waals surface area contributed by atoms with Crippen molar-refractivity contribution in [3.63, 3.8) is 0 Å². The van der Waals surface area contributed by atoms with Gasteiger partial charge in [0.1, 0.15) is 5.75 Å². The largest absolute Gasteiger partial charge is 0.495 e. The number of nitrogens with zero attached hydrogens (tertiary/aromatic N) is 3. The summed E-state index contributed by atoms with van der Waals surface area (Å²) in [6, 6.07) is 22.9. The molecule has 0 saturated heterocycles. The Morgan fingerprint density at radius 1 is 0.971 bits per heavy atom. The molecule has 0 aliphatic rings. The van der Waals surface area contributed by atoms with E-state index in [-0.39, 0.29) is 17.6 Å². The van der Waals surface area contributed by atoms with Gasteiger partial charge in [-0.25, -0.2) is 0 Å². The summed E-state index contributed by atoms with van der Waals surface area (Å²) >= 11 is 1.28. The maximum absolute atomic E-state index is 12.8. The Kier molecular flexibility index (Phi) is 7.47. The highest BCUT2D eigenvalue weighted by atomic mass is 32.2. The molecule has 4 aromatic rings. The third-order valence-corrected chi connectivity index (χ3v) is 6.01. The smallest absolute Gasteiger partial charge is 0.234 e. The predicted octanol–water partition coefficient (Wildman–Crippen LogP) is 4.94. The van der Waals surface area contributed by atoms with E-state index in [2.05, 4.69) is 20.8 Å². The van der Waals surface area contributed by atoms with Gasteiger partial charge in [-0.2, -0.15) is 0 Å². The number of aryl methyl sites for hydroxylation is 1. The fourth-order valence-electron chi connectivity index (χ4n) is 3.47. The van der Waals surface area contributed by atoms with Gasteiger partial charge in [-0.1, -0.05) is 59.8 Å². The fourth-order valence-corrected chi connectivity index (χ4v) is 4.22. The number of hydrogen-bond acceptors (Lipinski definition) is 6. The van der Waals surface area contributed by atoms with Gasteiger partial charge in [0.2, 0.25) is 11.8 Å². The van der Waals surface area contributed by atoms with Crippen molar-refractivity contribution in [1.29, 1.82) is 0 Å². The molecule has 3 aromatic carbocycles. The Morgan fingerprint density at radius 2 is 1.71 bits per heavy atom. The SMILES string of the molecule is COc1ccc(NC(C)=O)cc1NC(=O)CSc1nnc(-c2ccccc2)n1-c1ccc(C)cc1. The van der Waals surface area contributed by atoms with Crippen molar-refractivity contribution in [2.24, 2.45) is 0 Å². The van der Waals surface area contributed by atoms with Crippen LogP contribution in [0, 0.1) is 6.92 Å². The summed E-state index contributed by atoms with van der Waals surface area (Å²) in [4.78, 5) is 24.2. The minimum Gasteiger partial charge on any atom is -0.495 e. The zero-order valence-electron chi connectivity index (χ0n) is 19.6. The van der Waals surface area contributed by atoms with Gasteiger partial charge in [0.15, 0.2) is 11.0 Å². The molecule has 8 nitrogen and oxygen atoms in total. The zero-order valence-corrected chi connectivity index (χ0v) is 20.4. The van der Waals surface area contributed by atoms with Crippen LogP contribution in [0.15, 0.2) is 78.0 Å². The number of anilines is 2. The van der Waals surface area contributed by atoms with Crippen LogP contribution in [0.5, 0.6) is 5.75 Å². The van der Waals surface area contributed by atoms with Crippen LogP contribution in [-0.2, 0) is 9.59 Å². The third-order valence-electron chi connectivity index (χ3n) is 5.08. The molecule has 0 radical (unpaired) electrons. The van der Waals surface area contributed by atoms with Gasteiger partial charge in [-0.3, -0.25) is 14.2 Å². The topological polar surface area (TPSA) is 98.1 Å². The molecule has 0 aliphatic carbocycles. The molecule has 0 spiro atoms. The van der Waals surface area contributed by atoms with Crippen molar-refractivity contribution < 1.29 is 14.3 Å². The van der Waals surface area contributed by atoms with Crippen LogP contribution in [0.2, 0.25) is 0 Å². The first kappa shape index (κ1) is 24.0. The van der Waals surface area contributed by atoms with Crippen molar-refractivity contribution in [3.8, 4) is 22.8 Å². The molecule has 0 saturated carbocycles. The van der Waals surface area contributed by atoms with Crippen LogP contribution in [0.25, 0.3) is 17.1 Å². The van der Waals surface area contributed by atoms with E-state index in [1.807, 2.05) is 66.1 Å². The number of methoxy groups -OCH3 is 1. The molecular weight excluding hydrogens is 462 g/mol. The molecule has 0 fully saturated rings. The third kappa shape index (κ3) is 5.88. The molecule has 2 amide bonds. The van der Waals surface area contributed by atoms with Crippen molar-refractivity contribution >= 4 is 35.0 Å². The van der Waals surface area contributed by atoms with E-state index < -0.39 is 0 Å². The monoisotopic (exact) mass is 487 g/mol. The van der Waals surface area contributed by atoms with Crippen LogP contribution < -0.4 is 15.4 Å². The van der Waals surface area contributed by atoms with Crippen LogP contribution in [0.1, 0.15) is 12.5 Å². The number of rotatable bonds is 8. The highest BCUT2D eigenvalue weighted by Crippen LogP contribution is 2.30. The summed E-state index contributed by atoms with van der Waals surface area (Å²) in [5, 5.41) is 14.9. The second-order valence-electron chi connectivity index (χ2n) is 7.78. The second kappa shape index (κ2) is 10.9. The quantitative estimate of drug-likeness (QED) is 0.342. The van der Waals surface area contributed by atoms with E-state index in [4.69, 9.17) is 4.74 Å². The Morgan fingerprint density at radius 3 is 2.40 bits per heavy atom. The summed E-state index contributed by atoms with van der Waals surface area (Å²) in [6.07, 6.45) is 0. The number of carbonyl (C=O) groups is 2. The summed E-state index contributed by atoms with van der Waals surface area (Å²) in [6.45, 7) is 3.45. The van der Waals surface area contributed by atoms with Crippen LogP contribution in [-0.4, -0.2) is 39.4 Å². The van der Waals surface area contributed by atoms with E-state index in [1.165, 1.54) is 25.8 Å². The van der Waals surface area contributed by atoms with Gasteiger partial charge in [-0.15, -0.1) is 10.2 Å². The first-order chi connectivity index (χ1) is 16.9. The van der Waals surface area contributed by atoms with E-state index in [1.54, 1.807) is 18.2 Å². The van der Waals surface area contributed by atoms with Crippen molar-refractivity contribution in [3.05, 3.63) is 78.4 Å². The number of nitrogens with one attached hydrogen (secondary N) is 2. The molecule has 0 atom stereocenters. The molecule has 9 heteroatoms. The molecule has 2 N–H and O–H groups in total. The highest BCUT2D eigenvalue weighted by molar-refractivity contribution is 7.99. The molecule has 0 unspecified atom stereocenters. The molecule has 4 rings (SSSR count). The van der Waals surface area contributed by atoms with Gasteiger partial charge in [-0.05, 0) is 37.3 Å². The standard InChI is InChI=1S/C26H25N5O3S/c1-17-9-12-21(13-10-17)31-25(19-7-5-4-6-8-19)29-30-26(31)35-16-24(33)28-22-15-20(27-18(2)32)11-14-23(22)34-3/h4-15H,16H2,1-3H3,(H,27,32)(H,28,33). The van der Waals surface area contributed by atoms with Crippen molar-refractivity contribution in [2.45, 2.75) is 19.0 Å². The van der Waals surface area contributed by atoms with Gasteiger partial charge in [0.05, 0.1) is 18.6 Å². The fraction of sp³-hybridized carbons (Fsp3) is 0.154. The molecule has 35 heavy (non-hydrogen) atoms. The lowest BCUT2D eigenvalue weighted by Crippen LogP contribution is -2.16. The lowest BCUT2D eigenvalue weighted by atomic mass is 10.2. The number of benzene rings is 3. The van der Waals surface area contributed by atoms with E-state index in [0.717, 1.165) is 16.8 Å². The lowest BCUT2D eigenvalue weighted by Gasteiger charge is -2.13. The summed E-state index contributed by atoms with van der Waals surface area (Å²) in [5.74, 6) is 0.848. The minimum absolute atomic E-state index is 0.103. The summed E-state index contributed by atoms with van der Waals surface area (Å²) < 4.78 is 7.30. The first-order valence-corrected chi connectivity index (χ1v) is 11.9. The average molecular weight is 488 g/mol. The zero-order chi connectivity index (χ0) is 24.8.